The molecule has 1 atom stereocenters. The smallest absolute Gasteiger partial charge is 0.305 e. The summed E-state index contributed by atoms with van der Waals surface area (Å²) in [6.45, 7) is 1.25. The second-order valence-electron chi connectivity index (χ2n) is 3.60. The molecule has 1 aliphatic heterocycles. The lowest BCUT2D eigenvalue weighted by Gasteiger charge is -2.24. The summed E-state index contributed by atoms with van der Waals surface area (Å²) >= 11 is 0. The van der Waals surface area contributed by atoms with E-state index in [1.54, 1.807) is 0 Å². The fraction of sp³-hybridized carbons (Fsp3) is 0.778. The Kier molecular flexibility index (Phi) is 7.03. The van der Waals surface area contributed by atoms with Crippen molar-refractivity contribution in [3.8, 4) is 0 Å². The molecule has 0 aromatic rings. The number of carbonyl (C=O) groups excluding carboxylic acids is 1. The van der Waals surface area contributed by atoms with Crippen LogP contribution in [-0.2, 0) is 14.3 Å². The number of ether oxygens (including phenoxy) is 1. The van der Waals surface area contributed by atoms with Crippen LogP contribution in [0.1, 0.15) is 19.3 Å². The SMILES string of the molecule is Cl.NC(CC(=O)O)C(=O)NC1CCOCC1. The van der Waals surface area contributed by atoms with Crippen LogP contribution in [0.3, 0.4) is 0 Å². The fourth-order valence-corrected chi connectivity index (χ4v) is 1.43. The van der Waals surface area contributed by atoms with E-state index in [1.807, 2.05) is 0 Å². The van der Waals surface area contributed by atoms with Crippen molar-refractivity contribution in [2.45, 2.75) is 31.3 Å². The highest BCUT2D eigenvalue weighted by Gasteiger charge is 2.21. The molecule has 0 saturated carbocycles. The molecule has 0 aromatic carbocycles. The molecule has 1 heterocycles. The lowest BCUT2D eigenvalue weighted by atomic mass is 10.1. The first-order valence-electron chi connectivity index (χ1n) is 4.95. The van der Waals surface area contributed by atoms with E-state index >= 15 is 0 Å². The Bertz CT molecular complexity index is 244. The zero-order chi connectivity index (χ0) is 11.3. The van der Waals surface area contributed by atoms with E-state index in [0.29, 0.717) is 13.2 Å². The number of carbonyl (C=O) groups is 2. The summed E-state index contributed by atoms with van der Waals surface area (Å²) in [5.74, 6) is -1.46. The van der Waals surface area contributed by atoms with Gasteiger partial charge in [0.25, 0.3) is 0 Å². The molecular weight excluding hydrogens is 236 g/mol. The summed E-state index contributed by atoms with van der Waals surface area (Å²) in [4.78, 5) is 21.7. The average Bonchev–Trinajstić information content (AvgIpc) is 2.18. The van der Waals surface area contributed by atoms with Crippen molar-refractivity contribution in [2.24, 2.45) is 5.73 Å². The number of carboxylic acid groups (broad SMARTS) is 1. The molecule has 0 spiro atoms. The summed E-state index contributed by atoms with van der Waals surface area (Å²) in [7, 11) is 0. The van der Waals surface area contributed by atoms with Crippen LogP contribution in [0.25, 0.3) is 0 Å². The summed E-state index contributed by atoms with van der Waals surface area (Å²) < 4.78 is 5.13. The summed E-state index contributed by atoms with van der Waals surface area (Å²) in [5.41, 5.74) is 5.41. The second kappa shape index (κ2) is 7.43. The van der Waals surface area contributed by atoms with Gasteiger partial charge in [0.15, 0.2) is 0 Å². The highest BCUT2D eigenvalue weighted by Crippen LogP contribution is 2.06. The van der Waals surface area contributed by atoms with Crippen molar-refractivity contribution in [3.63, 3.8) is 0 Å². The van der Waals surface area contributed by atoms with Crippen molar-refractivity contribution >= 4 is 24.3 Å². The van der Waals surface area contributed by atoms with Crippen LogP contribution in [0.2, 0.25) is 0 Å². The molecular formula is C9H17ClN2O4. The van der Waals surface area contributed by atoms with Crippen LogP contribution in [0, 0.1) is 0 Å². The molecule has 4 N–H and O–H groups in total. The molecule has 1 amide bonds. The first-order valence-corrected chi connectivity index (χ1v) is 4.95. The molecule has 0 aromatic heterocycles. The summed E-state index contributed by atoms with van der Waals surface area (Å²) in [6, 6.07) is -0.906. The van der Waals surface area contributed by atoms with E-state index in [1.165, 1.54) is 0 Å². The topological polar surface area (TPSA) is 102 Å². The Hall–Kier alpha value is -0.850. The lowest BCUT2D eigenvalue weighted by Crippen LogP contribution is -2.47. The minimum Gasteiger partial charge on any atom is -0.481 e. The predicted molar refractivity (Wildman–Crippen MR) is 59.5 cm³/mol. The summed E-state index contributed by atoms with van der Waals surface area (Å²) in [5, 5.41) is 11.2. The first-order chi connectivity index (χ1) is 7.09. The number of rotatable bonds is 4. The predicted octanol–water partition coefficient (Wildman–Crippen LogP) is -0.495. The molecule has 0 radical (unpaired) electrons. The van der Waals surface area contributed by atoms with Crippen molar-refractivity contribution in [1.29, 1.82) is 0 Å². The molecule has 6 nitrogen and oxygen atoms in total. The molecule has 94 valence electrons. The van der Waals surface area contributed by atoms with Gasteiger partial charge in [-0.05, 0) is 12.8 Å². The largest absolute Gasteiger partial charge is 0.481 e. The quantitative estimate of drug-likeness (QED) is 0.626. The first kappa shape index (κ1) is 15.2. The third-order valence-electron chi connectivity index (χ3n) is 2.30. The molecule has 1 fully saturated rings. The van der Waals surface area contributed by atoms with Gasteiger partial charge in [-0.15, -0.1) is 12.4 Å². The molecule has 0 aliphatic carbocycles. The maximum Gasteiger partial charge on any atom is 0.305 e. The molecule has 7 heteroatoms. The Morgan fingerprint density at radius 1 is 1.44 bits per heavy atom. The van der Waals surface area contributed by atoms with Crippen molar-refractivity contribution in [1.82, 2.24) is 5.32 Å². The number of nitrogens with two attached hydrogens (primary N) is 1. The zero-order valence-electron chi connectivity index (χ0n) is 8.85. The van der Waals surface area contributed by atoms with E-state index in [-0.39, 0.29) is 24.9 Å². The van der Waals surface area contributed by atoms with Crippen molar-refractivity contribution in [2.75, 3.05) is 13.2 Å². The van der Waals surface area contributed by atoms with Crippen LogP contribution in [-0.4, -0.2) is 42.3 Å². The van der Waals surface area contributed by atoms with E-state index in [4.69, 9.17) is 15.6 Å². The average molecular weight is 253 g/mol. The standard InChI is InChI=1S/C9H16N2O4.ClH/c10-7(5-8(12)13)9(14)11-6-1-3-15-4-2-6;/h6-7H,1-5,10H2,(H,11,14)(H,12,13);1H. The van der Waals surface area contributed by atoms with Crippen LogP contribution in [0.15, 0.2) is 0 Å². The zero-order valence-corrected chi connectivity index (χ0v) is 9.66. The lowest BCUT2D eigenvalue weighted by molar-refractivity contribution is -0.139. The minimum absolute atomic E-state index is 0. The number of amides is 1. The van der Waals surface area contributed by atoms with Crippen LogP contribution in [0.5, 0.6) is 0 Å². The normalized spacial score (nSPS) is 18.3. The van der Waals surface area contributed by atoms with Crippen molar-refractivity contribution < 1.29 is 19.4 Å². The number of nitrogens with one attached hydrogen (secondary N) is 1. The van der Waals surface area contributed by atoms with E-state index in [0.717, 1.165) is 12.8 Å². The van der Waals surface area contributed by atoms with Crippen LogP contribution in [0.4, 0.5) is 0 Å². The molecule has 0 bridgehead atoms. The monoisotopic (exact) mass is 252 g/mol. The van der Waals surface area contributed by atoms with Gasteiger partial charge < -0.3 is 20.9 Å². The van der Waals surface area contributed by atoms with E-state index < -0.39 is 17.9 Å². The third kappa shape index (κ3) is 5.29. The van der Waals surface area contributed by atoms with Crippen LogP contribution < -0.4 is 11.1 Å². The van der Waals surface area contributed by atoms with Gasteiger partial charge in [0.2, 0.25) is 5.91 Å². The maximum atomic E-state index is 11.4. The van der Waals surface area contributed by atoms with Gasteiger partial charge in [-0.1, -0.05) is 0 Å². The molecule has 1 aliphatic rings. The Morgan fingerprint density at radius 2 is 2.00 bits per heavy atom. The van der Waals surface area contributed by atoms with E-state index in [2.05, 4.69) is 5.32 Å². The fourth-order valence-electron chi connectivity index (χ4n) is 1.43. The summed E-state index contributed by atoms with van der Waals surface area (Å²) in [6.07, 6.45) is 1.17. The van der Waals surface area contributed by atoms with Gasteiger partial charge >= 0.3 is 5.97 Å². The Balaban J connectivity index is 0.00000225. The number of hydrogen-bond acceptors (Lipinski definition) is 4. The van der Waals surface area contributed by atoms with E-state index in [9.17, 15) is 9.59 Å². The molecule has 1 saturated heterocycles. The number of halogens is 1. The van der Waals surface area contributed by atoms with Gasteiger partial charge in [-0.25, -0.2) is 0 Å². The minimum atomic E-state index is -1.07. The van der Waals surface area contributed by atoms with Gasteiger partial charge in [0.05, 0.1) is 12.5 Å². The second-order valence-corrected chi connectivity index (χ2v) is 3.60. The number of aliphatic carboxylic acids is 1. The van der Waals surface area contributed by atoms with Gasteiger partial charge in [-0.2, -0.15) is 0 Å². The van der Waals surface area contributed by atoms with Crippen molar-refractivity contribution in [3.05, 3.63) is 0 Å². The third-order valence-corrected chi connectivity index (χ3v) is 2.30. The number of carboxylic acids is 1. The maximum absolute atomic E-state index is 11.4. The Morgan fingerprint density at radius 3 is 2.50 bits per heavy atom. The van der Waals surface area contributed by atoms with Crippen LogP contribution >= 0.6 is 12.4 Å². The highest BCUT2D eigenvalue weighted by molar-refractivity contribution is 5.86. The van der Waals surface area contributed by atoms with Gasteiger partial charge in [0, 0.05) is 19.3 Å². The molecule has 1 unspecified atom stereocenters. The highest BCUT2D eigenvalue weighted by atomic mass is 35.5. The molecule has 16 heavy (non-hydrogen) atoms. The van der Waals surface area contributed by atoms with Gasteiger partial charge in [-0.3, -0.25) is 9.59 Å². The van der Waals surface area contributed by atoms with Gasteiger partial charge in [0.1, 0.15) is 0 Å². The number of hydrogen-bond donors (Lipinski definition) is 3. The Labute approximate surface area is 99.9 Å². The molecule has 1 rings (SSSR count).